The molecule has 0 rings (SSSR count). The summed E-state index contributed by atoms with van der Waals surface area (Å²) >= 11 is 0. The highest BCUT2D eigenvalue weighted by atomic mass is 16.6. The normalized spacial score (nSPS) is 11.9. The Labute approximate surface area is 412 Å². The highest BCUT2D eigenvalue weighted by molar-refractivity contribution is 5.71. The van der Waals surface area contributed by atoms with E-state index in [1.807, 2.05) is 0 Å². The number of hydrogen-bond donors (Lipinski definition) is 0. The van der Waals surface area contributed by atoms with E-state index in [4.69, 9.17) is 14.2 Å². The van der Waals surface area contributed by atoms with Crippen LogP contribution in [-0.2, 0) is 28.6 Å². The van der Waals surface area contributed by atoms with Crippen LogP contribution in [0.4, 0.5) is 0 Å². The fourth-order valence-electron chi connectivity index (χ4n) is 9.33. The zero-order chi connectivity index (χ0) is 47.9. The van der Waals surface area contributed by atoms with E-state index >= 15 is 0 Å². The van der Waals surface area contributed by atoms with Crippen LogP contribution in [0.15, 0.2) is 0 Å². The maximum absolute atomic E-state index is 12.9. The van der Waals surface area contributed by atoms with Gasteiger partial charge in [-0.15, -0.1) is 0 Å². The van der Waals surface area contributed by atoms with Gasteiger partial charge < -0.3 is 14.2 Å². The fraction of sp³-hybridized carbons (Fsp3) is 0.950. The number of hydrogen-bond acceptors (Lipinski definition) is 6. The van der Waals surface area contributed by atoms with Gasteiger partial charge in [0.2, 0.25) is 0 Å². The number of carbonyl (C=O) groups excluding carboxylic acids is 3. The van der Waals surface area contributed by atoms with Gasteiger partial charge in [0, 0.05) is 19.3 Å². The molecule has 0 aromatic heterocycles. The maximum atomic E-state index is 12.9. The SMILES string of the molecule is CCCCCCCCCCCCCCCCCCCC(=O)OC[C@H](COC(=O)CCCCCCCCCCCCCCCC)OC(=O)CCCCCCCCCCCCCCCCCCC. The first kappa shape index (κ1) is 64.4. The molecule has 0 fully saturated rings. The third-order valence-electron chi connectivity index (χ3n) is 13.9. The molecule has 0 aliphatic rings. The lowest BCUT2D eigenvalue weighted by molar-refractivity contribution is -0.167. The third-order valence-corrected chi connectivity index (χ3v) is 13.9. The molecule has 0 aliphatic carbocycles. The molecular weight excluding hydrogens is 817 g/mol. The first-order chi connectivity index (χ1) is 32.5. The summed E-state index contributed by atoms with van der Waals surface area (Å²) in [5.74, 6) is -0.829. The van der Waals surface area contributed by atoms with Crippen LogP contribution < -0.4 is 0 Å². The molecular formula is C60H116O6. The van der Waals surface area contributed by atoms with E-state index in [0.29, 0.717) is 19.3 Å². The molecule has 6 heteroatoms. The van der Waals surface area contributed by atoms with Gasteiger partial charge in [0.1, 0.15) is 13.2 Å². The molecule has 0 saturated heterocycles. The molecule has 0 heterocycles. The Morgan fingerprint density at radius 1 is 0.242 bits per heavy atom. The van der Waals surface area contributed by atoms with Crippen LogP contribution in [0.1, 0.15) is 348 Å². The molecule has 0 spiro atoms. The summed E-state index contributed by atoms with van der Waals surface area (Å²) < 4.78 is 16.9. The van der Waals surface area contributed by atoms with Crippen molar-refractivity contribution in [3.63, 3.8) is 0 Å². The molecule has 1 atom stereocenters. The summed E-state index contributed by atoms with van der Waals surface area (Å²) in [6.45, 7) is 6.72. The molecule has 0 unspecified atom stereocenters. The summed E-state index contributed by atoms with van der Waals surface area (Å²) in [5, 5.41) is 0. The minimum atomic E-state index is -0.761. The van der Waals surface area contributed by atoms with Crippen molar-refractivity contribution in [2.45, 2.75) is 354 Å². The second-order valence-electron chi connectivity index (χ2n) is 20.6. The van der Waals surface area contributed by atoms with Crippen molar-refractivity contribution in [2.75, 3.05) is 13.2 Å². The smallest absolute Gasteiger partial charge is 0.306 e. The van der Waals surface area contributed by atoms with E-state index in [-0.39, 0.29) is 31.1 Å². The van der Waals surface area contributed by atoms with Crippen molar-refractivity contribution in [3.8, 4) is 0 Å². The standard InChI is InChI=1S/C60H116O6/c1-4-7-10-13-16-19-22-25-28-30-32-35-38-41-44-47-50-53-59(62)65-56-57(55-64-58(61)52-49-46-43-40-37-34-27-24-21-18-15-12-9-6-3)66-60(63)54-51-48-45-42-39-36-33-31-29-26-23-20-17-14-11-8-5-2/h57H,4-56H2,1-3H3/t57-/m0/s1. The molecule has 0 aliphatic heterocycles. The summed E-state index contributed by atoms with van der Waals surface area (Å²) in [6.07, 6.45) is 62.3. The van der Waals surface area contributed by atoms with Crippen LogP contribution in [0.2, 0.25) is 0 Å². The molecule has 0 radical (unpaired) electrons. The van der Waals surface area contributed by atoms with Crippen molar-refractivity contribution in [1.82, 2.24) is 0 Å². The lowest BCUT2D eigenvalue weighted by Gasteiger charge is -2.18. The number of unbranched alkanes of at least 4 members (excludes halogenated alkanes) is 45. The van der Waals surface area contributed by atoms with Gasteiger partial charge in [-0.2, -0.15) is 0 Å². The van der Waals surface area contributed by atoms with E-state index in [1.54, 1.807) is 0 Å². The van der Waals surface area contributed by atoms with E-state index in [9.17, 15) is 14.4 Å². The van der Waals surface area contributed by atoms with Gasteiger partial charge in [-0.1, -0.05) is 310 Å². The topological polar surface area (TPSA) is 78.9 Å². The number of esters is 3. The largest absolute Gasteiger partial charge is 0.462 e. The van der Waals surface area contributed by atoms with Gasteiger partial charge in [0.25, 0.3) is 0 Å². The van der Waals surface area contributed by atoms with Gasteiger partial charge in [-0.25, -0.2) is 0 Å². The van der Waals surface area contributed by atoms with Crippen LogP contribution >= 0.6 is 0 Å². The number of ether oxygens (including phenoxy) is 3. The minimum absolute atomic E-state index is 0.0608. The molecule has 0 amide bonds. The summed E-state index contributed by atoms with van der Waals surface area (Å²) in [5.41, 5.74) is 0. The lowest BCUT2D eigenvalue weighted by atomic mass is 10.0. The van der Waals surface area contributed by atoms with Gasteiger partial charge in [0.05, 0.1) is 0 Å². The van der Waals surface area contributed by atoms with E-state index < -0.39 is 6.10 Å². The Balaban J connectivity index is 4.28. The molecule has 0 aromatic rings. The van der Waals surface area contributed by atoms with Crippen molar-refractivity contribution >= 4 is 17.9 Å². The Kier molecular flexibility index (Phi) is 54.7. The van der Waals surface area contributed by atoms with E-state index in [1.165, 1.54) is 250 Å². The fourth-order valence-corrected chi connectivity index (χ4v) is 9.33. The molecule has 0 aromatic carbocycles. The van der Waals surface area contributed by atoms with Crippen LogP contribution in [-0.4, -0.2) is 37.2 Å². The van der Waals surface area contributed by atoms with Gasteiger partial charge in [-0.05, 0) is 19.3 Å². The molecule has 6 nitrogen and oxygen atoms in total. The van der Waals surface area contributed by atoms with Crippen LogP contribution in [0.5, 0.6) is 0 Å². The highest BCUT2D eigenvalue weighted by Gasteiger charge is 2.19. The van der Waals surface area contributed by atoms with Crippen molar-refractivity contribution < 1.29 is 28.6 Å². The minimum Gasteiger partial charge on any atom is -0.462 e. The Morgan fingerprint density at radius 2 is 0.409 bits per heavy atom. The van der Waals surface area contributed by atoms with Crippen molar-refractivity contribution in [3.05, 3.63) is 0 Å². The Bertz CT molecular complexity index is 982. The molecule has 0 N–H and O–H groups in total. The quantitative estimate of drug-likeness (QED) is 0.0343. The van der Waals surface area contributed by atoms with Gasteiger partial charge >= 0.3 is 17.9 Å². The highest BCUT2D eigenvalue weighted by Crippen LogP contribution is 2.18. The second kappa shape index (κ2) is 56.0. The summed E-state index contributed by atoms with van der Waals surface area (Å²) in [7, 11) is 0. The zero-order valence-electron chi connectivity index (χ0n) is 45.0. The van der Waals surface area contributed by atoms with Crippen molar-refractivity contribution in [2.24, 2.45) is 0 Å². The first-order valence-electron chi connectivity index (χ1n) is 30.0. The predicted molar refractivity (Wildman–Crippen MR) is 284 cm³/mol. The predicted octanol–water partition coefficient (Wildman–Crippen LogP) is 19.9. The summed E-state index contributed by atoms with van der Waals surface area (Å²) in [4.78, 5) is 38.2. The molecule has 392 valence electrons. The third kappa shape index (κ3) is 53.4. The molecule has 0 bridgehead atoms. The number of carbonyl (C=O) groups is 3. The lowest BCUT2D eigenvalue weighted by Crippen LogP contribution is -2.30. The average molecular weight is 934 g/mol. The average Bonchev–Trinajstić information content (AvgIpc) is 3.31. The molecule has 66 heavy (non-hydrogen) atoms. The van der Waals surface area contributed by atoms with Crippen LogP contribution in [0.25, 0.3) is 0 Å². The van der Waals surface area contributed by atoms with Crippen LogP contribution in [0.3, 0.4) is 0 Å². The Hall–Kier alpha value is -1.59. The van der Waals surface area contributed by atoms with Gasteiger partial charge in [-0.3, -0.25) is 14.4 Å². The summed E-state index contributed by atoms with van der Waals surface area (Å²) in [6, 6.07) is 0. The first-order valence-corrected chi connectivity index (χ1v) is 30.0. The van der Waals surface area contributed by atoms with Crippen LogP contribution in [0, 0.1) is 0 Å². The van der Waals surface area contributed by atoms with Crippen molar-refractivity contribution in [1.29, 1.82) is 0 Å². The second-order valence-corrected chi connectivity index (χ2v) is 20.6. The van der Waals surface area contributed by atoms with E-state index in [2.05, 4.69) is 20.8 Å². The maximum Gasteiger partial charge on any atom is 0.306 e. The van der Waals surface area contributed by atoms with E-state index in [0.717, 1.165) is 57.8 Å². The monoisotopic (exact) mass is 933 g/mol. The van der Waals surface area contributed by atoms with Gasteiger partial charge in [0.15, 0.2) is 6.10 Å². The molecule has 0 saturated carbocycles. The number of rotatable bonds is 56. The zero-order valence-corrected chi connectivity index (χ0v) is 45.0. The Morgan fingerprint density at radius 3 is 0.606 bits per heavy atom.